The first-order chi connectivity index (χ1) is 11.7. The van der Waals surface area contributed by atoms with E-state index in [1.807, 2.05) is 47.3 Å². The lowest BCUT2D eigenvalue weighted by Crippen LogP contribution is -2.19. The Morgan fingerprint density at radius 1 is 1.50 bits per heavy atom. The number of ether oxygens (including phenoxy) is 1. The summed E-state index contributed by atoms with van der Waals surface area (Å²) in [5.41, 5.74) is 4.36. The van der Waals surface area contributed by atoms with E-state index in [-0.39, 0.29) is 11.7 Å². The number of hydrogen-bond acceptors (Lipinski definition) is 6. The first kappa shape index (κ1) is 16.5. The fourth-order valence-electron chi connectivity index (χ4n) is 2.11. The molecule has 0 spiro atoms. The number of thioether (sulfide) groups is 1. The fraction of sp³-hybridized carbons (Fsp3) is 0.188. The van der Waals surface area contributed by atoms with E-state index in [2.05, 4.69) is 15.5 Å². The van der Waals surface area contributed by atoms with Gasteiger partial charge in [0.15, 0.2) is 5.16 Å². The van der Waals surface area contributed by atoms with Crippen LogP contribution < -0.4 is 10.2 Å². The van der Waals surface area contributed by atoms with Crippen molar-refractivity contribution in [3.05, 3.63) is 40.6 Å². The molecule has 8 heteroatoms. The molecule has 2 heterocycles. The molecule has 0 fully saturated rings. The van der Waals surface area contributed by atoms with Crippen LogP contribution in [0.15, 0.2) is 46.0 Å². The van der Waals surface area contributed by atoms with Crippen LogP contribution in [-0.4, -0.2) is 34.5 Å². The number of carbonyl (C=O) groups excluding carboxylic acids is 1. The Hall–Kier alpha value is -2.32. The molecule has 0 saturated heterocycles. The number of fused-ring (bicyclic) bond motifs is 1. The van der Waals surface area contributed by atoms with Gasteiger partial charge < -0.3 is 9.30 Å². The second-order valence-electron chi connectivity index (χ2n) is 4.91. The second-order valence-corrected chi connectivity index (χ2v) is 6.83. The standard InChI is InChI=1S/C16H16N4O2S2/c1-20-14-6-5-11(22-2)8-13(14)18-16(20)24-10-15(21)19-17-9-12-4-3-7-23-12/h3-9H,10H2,1-2H3,(H,19,21)/b17-9-. The number of methoxy groups -OCH3 is 1. The smallest absolute Gasteiger partial charge is 0.250 e. The van der Waals surface area contributed by atoms with Gasteiger partial charge in [-0.15, -0.1) is 11.3 Å². The Morgan fingerprint density at radius 2 is 2.38 bits per heavy atom. The van der Waals surface area contributed by atoms with Crippen LogP contribution in [0.5, 0.6) is 5.75 Å². The zero-order chi connectivity index (χ0) is 16.9. The fourth-order valence-corrected chi connectivity index (χ4v) is 3.47. The average Bonchev–Trinajstić information content (AvgIpc) is 3.21. The van der Waals surface area contributed by atoms with Crippen LogP contribution in [-0.2, 0) is 11.8 Å². The van der Waals surface area contributed by atoms with Gasteiger partial charge in [-0.2, -0.15) is 5.10 Å². The number of hydrazone groups is 1. The lowest BCUT2D eigenvalue weighted by Gasteiger charge is -2.02. The zero-order valence-electron chi connectivity index (χ0n) is 13.2. The maximum absolute atomic E-state index is 11.9. The number of benzene rings is 1. The van der Waals surface area contributed by atoms with Crippen molar-refractivity contribution < 1.29 is 9.53 Å². The third-order valence-corrected chi connectivity index (χ3v) is 5.14. The van der Waals surface area contributed by atoms with E-state index >= 15 is 0 Å². The maximum atomic E-state index is 11.9. The van der Waals surface area contributed by atoms with Crippen molar-refractivity contribution in [2.45, 2.75) is 5.16 Å². The number of rotatable bonds is 6. The molecule has 0 aliphatic rings. The van der Waals surface area contributed by atoms with Gasteiger partial charge in [0.2, 0.25) is 0 Å². The predicted octanol–water partition coefficient (Wildman–Crippen LogP) is 2.89. The molecule has 0 radical (unpaired) electrons. The maximum Gasteiger partial charge on any atom is 0.250 e. The van der Waals surface area contributed by atoms with Crippen molar-refractivity contribution in [3.8, 4) is 5.75 Å². The third kappa shape index (κ3) is 3.77. The molecule has 2 aromatic heterocycles. The van der Waals surface area contributed by atoms with E-state index in [9.17, 15) is 4.79 Å². The molecule has 0 bridgehead atoms. The van der Waals surface area contributed by atoms with Crippen molar-refractivity contribution in [1.29, 1.82) is 0 Å². The zero-order valence-corrected chi connectivity index (χ0v) is 14.9. The summed E-state index contributed by atoms with van der Waals surface area (Å²) in [5, 5.41) is 6.67. The minimum atomic E-state index is -0.169. The minimum Gasteiger partial charge on any atom is -0.497 e. The highest BCUT2D eigenvalue weighted by molar-refractivity contribution is 7.99. The molecule has 0 saturated carbocycles. The summed E-state index contributed by atoms with van der Waals surface area (Å²) in [6, 6.07) is 9.60. The molecule has 0 aliphatic carbocycles. The van der Waals surface area contributed by atoms with Crippen molar-refractivity contribution >= 4 is 46.3 Å². The van der Waals surface area contributed by atoms with Gasteiger partial charge in [0, 0.05) is 18.0 Å². The molecular formula is C16H16N4O2S2. The lowest BCUT2D eigenvalue weighted by atomic mass is 10.3. The molecule has 1 aromatic carbocycles. The van der Waals surface area contributed by atoms with Crippen molar-refractivity contribution in [1.82, 2.24) is 15.0 Å². The van der Waals surface area contributed by atoms with Gasteiger partial charge in [0.05, 0.1) is 30.1 Å². The number of thiophene rings is 1. The Bertz CT molecular complexity index is 872. The van der Waals surface area contributed by atoms with Gasteiger partial charge >= 0.3 is 0 Å². The summed E-state index contributed by atoms with van der Waals surface area (Å²) in [6.45, 7) is 0. The molecule has 3 aromatic rings. The second kappa shape index (κ2) is 7.50. The van der Waals surface area contributed by atoms with Gasteiger partial charge in [-0.05, 0) is 23.6 Å². The van der Waals surface area contributed by atoms with E-state index in [4.69, 9.17) is 4.74 Å². The largest absolute Gasteiger partial charge is 0.497 e. The Balaban J connectivity index is 1.60. The van der Waals surface area contributed by atoms with Gasteiger partial charge in [0.25, 0.3) is 5.91 Å². The predicted molar refractivity (Wildman–Crippen MR) is 98.0 cm³/mol. The van der Waals surface area contributed by atoms with Crippen molar-refractivity contribution in [2.75, 3.05) is 12.9 Å². The molecule has 24 heavy (non-hydrogen) atoms. The Morgan fingerprint density at radius 3 is 3.12 bits per heavy atom. The topological polar surface area (TPSA) is 68.5 Å². The number of hydrogen-bond donors (Lipinski definition) is 1. The molecule has 1 amide bonds. The summed E-state index contributed by atoms with van der Waals surface area (Å²) in [7, 11) is 3.55. The van der Waals surface area contributed by atoms with Crippen molar-refractivity contribution in [2.24, 2.45) is 12.1 Å². The van der Waals surface area contributed by atoms with Crippen LogP contribution in [0.2, 0.25) is 0 Å². The SMILES string of the molecule is COc1ccc2c(c1)nc(SCC(=O)N/N=C\c1cccs1)n2C. The first-order valence-electron chi connectivity index (χ1n) is 7.16. The van der Waals surface area contributed by atoms with Crippen LogP contribution in [0.25, 0.3) is 11.0 Å². The number of aryl methyl sites for hydroxylation is 1. The quantitative estimate of drug-likeness (QED) is 0.417. The molecular weight excluding hydrogens is 344 g/mol. The molecule has 0 unspecified atom stereocenters. The molecule has 6 nitrogen and oxygen atoms in total. The van der Waals surface area contributed by atoms with Crippen LogP contribution in [0.1, 0.15) is 4.88 Å². The molecule has 0 aliphatic heterocycles. The number of carbonyl (C=O) groups is 1. The van der Waals surface area contributed by atoms with E-state index in [1.54, 1.807) is 24.7 Å². The summed E-state index contributed by atoms with van der Waals surface area (Å²) < 4.78 is 7.17. The summed E-state index contributed by atoms with van der Waals surface area (Å²) in [5.74, 6) is 0.839. The minimum absolute atomic E-state index is 0.169. The van der Waals surface area contributed by atoms with Crippen LogP contribution >= 0.6 is 23.1 Å². The van der Waals surface area contributed by atoms with Crippen LogP contribution in [0, 0.1) is 0 Å². The molecule has 0 atom stereocenters. The number of nitrogens with one attached hydrogen (secondary N) is 1. The summed E-state index contributed by atoms with van der Waals surface area (Å²) in [4.78, 5) is 17.4. The van der Waals surface area contributed by atoms with Gasteiger partial charge in [-0.3, -0.25) is 4.79 Å². The van der Waals surface area contributed by atoms with E-state index in [0.717, 1.165) is 26.8 Å². The normalized spacial score (nSPS) is 11.2. The Labute approximate surface area is 147 Å². The van der Waals surface area contributed by atoms with Crippen LogP contribution in [0.4, 0.5) is 0 Å². The molecule has 124 valence electrons. The summed E-state index contributed by atoms with van der Waals surface area (Å²) in [6.07, 6.45) is 1.63. The number of nitrogens with zero attached hydrogens (tertiary/aromatic N) is 3. The lowest BCUT2D eigenvalue weighted by molar-refractivity contribution is -0.118. The van der Waals surface area contributed by atoms with Gasteiger partial charge in [0.1, 0.15) is 5.75 Å². The average molecular weight is 360 g/mol. The van der Waals surface area contributed by atoms with E-state index < -0.39 is 0 Å². The van der Waals surface area contributed by atoms with E-state index in [0.29, 0.717) is 0 Å². The van der Waals surface area contributed by atoms with Crippen molar-refractivity contribution in [3.63, 3.8) is 0 Å². The highest BCUT2D eigenvalue weighted by Crippen LogP contribution is 2.25. The van der Waals surface area contributed by atoms with Gasteiger partial charge in [-0.25, -0.2) is 10.4 Å². The highest BCUT2D eigenvalue weighted by Gasteiger charge is 2.11. The number of amides is 1. The molecule has 3 rings (SSSR count). The number of imidazole rings is 1. The first-order valence-corrected chi connectivity index (χ1v) is 9.02. The molecule has 1 N–H and O–H groups in total. The highest BCUT2D eigenvalue weighted by atomic mass is 32.2. The van der Waals surface area contributed by atoms with Gasteiger partial charge in [-0.1, -0.05) is 17.8 Å². The van der Waals surface area contributed by atoms with E-state index in [1.165, 1.54) is 11.8 Å². The third-order valence-electron chi connectivity index (χ3n) is 3.30. The number of aromatic nitrogens is 2. The van der Waals surface area contributed by atoms with Crippen LogP contribution in [0.3, 0.4) is 0 Å². The monoisotopic (exact) mass is 360 g/mol. The summed E-state index contributed by atoms with van der Waals surface area (Å²) >= 11 is 2.93. The Kier molecular flexibility index (Phi) is 5.17.